The number of hydrogen-bond acceptors (Lipinski definition) is 5. The second-order valence-corrected chi connectivity index (χ2v) is 5.19. The average Bonchev–Trinajstić information content (AvgIpc) is 3.06. The number of fused-ring (bicyclic) bond motifs is 1. The molecule has 2 aromatic heterocycles. The zero-order chi connectivity index (χ0) is 15.6. The minimum atomic E-state index is -0.265. The smallest absolute Gasteiger partial charge is 0.173 e. The molecule has 0 spiro atoms. The van der Waals surface area contributed by atoms with Crippen LogP contribution in [0.3, 0.4) is 0 Å². The molecule has 0 radical (unpaired) electrons. The Morgan fingerprint density at radius 3 is 2.83 bits per heavy atom. The third-order valence-electron chi connectivity index (χ3n) is 3.69. The van der Waals surface area contributed by atoms with Gasteiger partial charge in [0.05, 0.1) is 24.7 Å². The van der Waals surface area contributed by atoms with Gasteiger partial charge in [-0.15, -0.1) is 0 Å². The van der Waals surface area contributed by atoms with Crippen molar-refractivity contribution in [2.45, 2.75) is 6.42 Å². The molecule has 1 aliphatic rings. The van der Waals surface area contributed by atoms with Crippen LogP contribution in [-0.2, 0) is 6.42 Å². The zero-order valence-corrected chi connectivity index (χ0v) is 12.2. The third-order valence-corrected chi connectivity index (χ3v) is 3.69. The molecule has 1 aromatic carbocycles. The van der Waals surface area contributed by atoms with Gasteiger partial charge in [-0.3, -0.25) is 0 Å². The van der Waals surface area contributed by atoms with Crippen LogP contribution in [0.5, 0.6) is 5.75 Å². The molecular weight excluding hydrogens is 295 g/mol. The summed E-state index contributed by atoms with van der Waals surface area (Å²) in [5.74, 6) is 1.06. The predicted octanol–water partition coefficient (Wildman–Crippen LogP) is 3.36. The number of anilines is 2. The van der Waals surface area contributed by atoms with Crippen LogP contribution in [0.4, 0.5) is 15.9 Å². The van der Waals surface area contributed by atoms with Crippen molar-refractivity contribution in [2.75, 3.05) is 11.9 Å². The molecule has 0 saturated carbocycles. The van der Waals surface area contributed by atoms with Gasteiger partial charge in [0.25, 0.3) is 0 Å². The number of nitrogens with zero attached hydrogens (tertiary/aromatic N) is 3. The first-order valence-corrected chi connectivity index (χ1v) is 7.24. The van der Waals surface area contributed by atoms with Gasteiger partial charge in [0.15, 0.2) is 11.6 Å². The van der Waals surface area contributed by atoms with Crippen LogP contribution < -0.4 is 10.1 Å². The van der Waals surface area contributed by atoms with Crippen molar-refractivity contribution in [3.63, 3.8) is 0 Å². The number of halogens is 1. The van der Waals surface area contributed by atoms with Gasteiger partial charge in [0.2, 0.25) is 0 Å². The first-order valence-electron chi connectivity index (χ1n) is 7.24. The Labute approximate surface area is 132 Å². The first kappa shape index (κ1) is 13.6. The van der Waals surface area contributed by atoms with Crippen LogP contribution >= 0.6 is 0 Å². The van der Waals surface area contributed by atoms with E-state index in [0.717, 1.165) is 28.8 Å². The number of pyridine rings is 1. The fourth-order valence-corrected chi connectivity index (χ4v) is 2.68. The molecule has 3 heterocycles. The highest BCUT2D eigenvalue weighted by molar-refractivity contribution is 5.75. The van der Waals surface area contributed by atoms with Crippen LogP contribution in [0.2, 0.25) is 0 Å². The molecule has 1 N–H and O–H groups in total. The summed E-state index contributed by atoms with van der Waals surface area (Å²) in [7, 11) is 0. The molecule has 0 unspecified atom stereocenters. The molecule has 0 amide bonds. The maximum Gasteiger partial charge on any atom is 0.173 e. The molecule has 0 bridgehead atoms. The van der Waals surface area contributed by atoms with Gasteiger partial charge in [-0.05, 0) is 17.7 Å². The minimum absolute atomic E-state index is 0.265. The Morgan fingerprint density at radius 1 is 1.13 bits per heavy atom. The summed E-state index contributed by atoms with van der Waals surface area (Å²) in [5.41, 5.74) is 3.46. The Bertz CT molecular complexity index is 854. The zero-order valence-electron chi connectivity index (χ0n) is 12.2. The Hall–Kier alpha value is -3.02. The van der Waals surface area contributed by atoms with Crippen molar-refractivity contribution in [3.8, 4) is 16.9 Å². The molecule has 0 aliphatic carbocycles. The first-order chi connectivity index (χ1) is 11.3. The molecule has 0 atom stereocenters. The lowest BCUT2D eigenvalue weighted by atomic mass is 10.00. The van der Waals surface area contributed by atoms with Gasteiger partial charge in [-0.1, -0.05) is 12.1 Å². The van der Waals surface area contributed by atoms with Gasteiger partial charge in [-0.2, -0.15) is 0 Å². The molecule has 23 heavy (non-hydrogen) atoms. The molecule has 0 saturated heterocycles. The van der Waals surface area contributed by atoms with Gasteiger partial charge in [0.1, 0.15) is 12.1 Å². The molecule has 6 heteroatoms. The fourth-order valence-electron chi connectivity index (χ4n) is 2.68. The number of benzene rings is 1. The van der Waals surface area contributed by atoms with E-state index in [1.54, 1.807) is 24.7 Å². The molecule has 4 rings (SSSR count). The van der Waals surface area contributed by atoms with E-state index in [-0.39, 0.29) is 5.82 Å². The van der Waals surface area contributed by atoms with Crippen LogP contribution in [-0.4, -0.2) is 21.6 Å². The lowest BCUT2D eigenvalue weighted by Gasteiger charge is -2.12. The highest BCUT2D eigenvalue weighted by Gasteiger charge is 2.22. The summed E-state index contributed by atoms with van der Waals surface area (Å²) in [5, 5.41) is 3.16. The summed E-state index contributed by atoms with van der Waals surface area (Å²) in [6, 6.07) is 6.50. The summed E-state index contributed by atoms with van der Waals surface area (Å²) in [6.45, 7) is 0.587. The van der Waals surface area contributed by atoms with Crippen LogP contribution in [0.1, 0.15) is 5.56 Å². The van der Waals surface area contributed by atoms with Crippen molar-refractivity contribution >= 4 is 11.5 Å². The van der Waals surface area contributed by atoms with E-state index >= 15 is 0 Å². The van der Waals surface area contributed by atoms with Crippen LogP contribution in [0.15, 0.2) is 49.2 Å². The number of aromatic nitrogens is 3. The monoisotopic (exact) mass is 308 g/mol. The molecular formula is C17H13FN4O. The predicted molar refractivity (Wildman–Crippen MR) is 84.1 cm³/mol. The largest absolute Gasteiger partial charge is 0.489 e. The second kappa shape index (κ2) is 5.64. The lowest BCUT2D eigenvalue weighted by molar-refractivity contribution is 0.357. The van der Waals surface area contributed by atoms with E-state index in [1.165, 1.54) is 18.5 Å². The maximum atomic E-state index is 13.5. The van der Waals surface area contributed by atoms with E-state index in [2.05, 4.69) is 20.3 Å². The van der Waals surface area contributed by atoms with Crippen LogP contribution in [0.25, 0.3) is 11.1 Å². The average molecular weight is 308 g/mol. The van der Waals surface area contributed by atoms with Crippen molar-refractivity contribution in [2.24, 2.45) is 0 Å². The van der Waals surface area contributed by atoms with Crippen molar-refractivity contribution in [3.05, 3.63) is 60.6 Å². The summed E-state index contributed by atoms with van der Waals surface area (Å²) in [4.78, 5) is 12.4. The SMILES string of the molecule is Fc1cccc(-c2cnc(Nc3cncnc3)c3c2CCO3)c1. The number of hydrogen-bond donors (Lipinski definition) is 1. The summed E-state index contributed by atoms with van der Waals surface area (Å²) >= 11 is 0. The number of nitrogens with one attached hydrogen (secondary N) is 1. The van der Waals surface area contributed by atoms with Gasteiger partial charge >= 0.3 is 0 Å². The maximum absolute atomic E-state index is 13.5. The molecule has 5 nitrogen and oxygen atoms in total. The van der Waals surface area contributed by atoms with Crippen LogP contribution in [0, 0.1) is 5.82 Å². The minimum Gasteiger partial charge on any atom is -0.489 e. The molecule has 0 fully saturated rings. The number of rotatable bonds is 3. The molecule has 3 aromatic rings. The molecule has 114 valence electrons. The fraction of sp³-hybridized carbons (Fsp3) is 0.118. The highest BCUT2D eigenvalue weighted by Crippen LogP contribution is 2.39. The van der Waals surface area contributed by atoms with Crippen molar-refractivity contribution < 1.29 is 9.13 Å². The van der Waals surface area contributed by atoms with Crippen molar-refractivity contribution in [1.82, 2.24) is 15.0 Å². The quantitative estimate of drug-likeness (QED) is 0.804. The normalized spacial score (nSPS) is 12.6. The standard InChI is InChI=1S/C17H13FN4O/c18-12-3-1-2-11(6-12)15-9-21-17(16-14(15)4-5-23-16)22-13-7-19-10-20-8-13/h1-3,6-10H,4-5H2,(H,21,22). The summed E-state index contributed by atoms with van der Waals surface area (Å²) < 4.78 is 19.2. The van der Waals surface area contributed by atoms with Gasteiger partial charge in [0, 0.05) is 23.7 Å². The van der Waals surface area contributed by atoms with E-state index in [9.17, 15) is 4.39 Å². The highest BCUT2D eigenvalue weighted by atomic mass is 19.1. The van der Waals surface area contributed by atoms with E-state index in [1.807, 2.05) is 6.07 Å². The van der Waals surface area contributed by atoms with E-state index < -0.39 is 0 Å². The Kier molecular flexibility index (Phi) is 3.34. The Morgan fingerprint density at radius 2 is 2.00 bits per heavy atom. The van der Waals surface area contributed by atoms with E-state index in [0.29, 0.717) is 18.2 Å². The lowest BCUT2D eigenvalue weighted by Crippen LogP contribution is -1.99. The third kappa shape index (κ3) is 2.59. The topological polar surface area (TPSA) is 59.9 Å². The number of ether oxygens (including phenoxy) is 1. The van der Waals surface area contributed by atoms with Gasteiger partial charge in [-0.25, -0.2) is 19.3 Å². The Balaban J connectivity index is 1.76. The summed E-state index contributed by atoms with van der Waals surface area (Å²) in [6.07, 6.45) is 7.30. The molecule has 1 aliphatic heterocycles. The van der Waals surface area contributed by atoms with Gasteiger partial charge < -0.3 is 10.1 Å². The van der Waals surface area contributed by atoms with Crippen molar-refractivity contribution in [1.29, 1.82) is 0 Å². The second-order valence-electron chi connectivity index (χ2n) is 5.19. The van der Waals surface area contributed by atoms with E-state index in [4.69, 9.17) is 4.74 Å².